The summed E-state index contributed by atoms with van der Waals surface area (Å²) in [6, 6.07) is 13.3. The van der Waals surface area contributed by atoms with Crippen molar-refractivity contribution in [2.24, 2.45) is 0 Å². The van der Waals surface area contributed by atoms with Crippen LogP contribution < -0.4 is 15.4 Å². The highest BCUT2D eigenvalue weighted by molar-refractivity contribution is 6.35. The zero-order valence-corrected chi connectivity index (χ0v) is 16.9. The van der Waals surface area contributed by atoms with E-state index in [1.54, 1.807) is 54.7 Å². The van der Waals surface area contributed by atoms with Crippen LogP contribution in [-0.4, -0.2) is 23.9 Å². The minimum Gasteiger partial charge on any atom is -0.494 e. The number of aromatic nitrogens is 1. The molecule has 0 atom stereocenters. The van der Waals surface area contributed by atoms with E-state index in [0.717, 1.165) is 0 Å². The summed E-state index contributed by atoms with van der Waals surface area (Å²) in [5.41, 5.74) is 2.09. The number of halogens is 2. The zero-order chi connectivity index (χ0) is 20.8. The molecule has 0 saturated carbocycles. The molecule has 1 heterocycles. The first-order valence-electron chi connectivity index (χ1n) is 8.59. The van der Waals surface area contributed by atoms with Gasteiger partial charge in [0, 0.05) is 34.2 Å². The molecule has 2 N–H and O–H groups in total. The Kier molecular flexibility index (Phi) is 6.69. The fourth-order valence-electron chi connectivity index (χ4n) is 2.61. The molecule has 0 aliphatic carbocycles. The first kappa shape index (κ1) is 20.6. The van der Waals surface area contributed by atoms with Gasteiger partial charge in [-0.25, -0.2) is 0 Å². The van der Waals surface area contributed by atoms with Gasteiger partial charge in [-0.05, 0) is 42.0 Å². The molecule has 29 heavy (non-hydrogen) atoms. The molecule has 0 fully saturated rings. The molecule has 0 bridgehead atoms. The molecule has 148 valence electrons. The minimum absolute atomic E-state index is 0.0951. The van der Waals surface area contributed by atoms with Gasteiger partial charge in [0.05, 0.1) is 24.8 Å². The maximum Gasteiger partial charge on any atom is 0.257 e. The lowest BCUT2D eigenvalue weighted by molar-refractivity contribution is -0.115. The molecular formula is C21H17Cl2N3O3. The van der Waals surface area contributed by atoms with Crippen molar-refractivity contribution in [3.05, 3.63) is 82.1 Å². The largest absolute Gasteiger partial charge is 0.494 e. The Labute approximate surface area is 177 Å². The molecule has 0 unspecified atom stereocenters. The van der Waals surface area contributed by atoms with E-state index in [9.17, 15) is 9.59 Å². The molecule has 0 aliphatic heterocycles. The lowest BCUT2D eigenvalue weighted by Crippen LogP contribution is -2.15. The first-order valence-corrected chi connectivity index (χ1v) is 9.35. The molecule has 1 aromatic heterocycles. The van der Waals surface area contributed by atoms with Crippen LogP contribution in [0.15, 0.2) is 60.9 Å². The third-order valence-electron chi connectivity index (χ3n) is 4.02. The van der Waals surface area contributed by atoms with Crippen molar-refractivity contribution in [3.8, 4) is 5.75 Å². The molecule has 0 spiro atoms. The fourth-order valence-corrected chi connectivity index (χ4v) is 3.08. The molecule has 0 saturated heterocycles. The molecule has 8 heteroatoms. The molecule has 3 rings (SSSR count). The van der Waals surface area contributed by atoms with Crippen LogP contribution in [0.1, 0.15) is 15.9 Å². The molecule has 2 amide bonds. The van der Waals surface area contributed by atoms with Gasteiger partial charge in [0.25, 0.3) is 5.91 Å². The number of rotatable bonds is 6. The predicted molar refractivity (Wildman–Crippen MR) is 114 cm³/mol. The van der Waals surface area contributed by atoms with E-state index >= 15 is 0 Å². The summed E-state index contributed by atoms with van der Waals surface area (Å²) in [4.78, 5) is 28.6. The molecule has 0 aliphatic rings. The van der Waals surface area contributed by atoms with Gasteiger partial charge in [-0.3, -0.25) is 14.6 Å². The number of hydrogen-bond acceptors (Lipinski definition) is 4. The Morgan fingerprint density at radius 3 is 2.59 bits per heavy atom. The Morgan fingerprint density at radius 2 is 1.90 bits per heavy atom. The Balaban J connectivity index is 1.69. The number of ether oxygens (including phenoxy) is 1. The summed E-state index contributed by atoms with van der Waals surface area (Å²) in [5, 5.41) is 6.49. The molecule has 6 nitrogen and oxygen atoms in total. The summed E-state index contributed by atoms with van der Waals surface area (Å²) in [7, 11) is 1.48. The fraction of sp³-hybridized carbons (Fsp3) is 0.0952. The van der Waals surface area contributed by atoms with Crippen molar-refractivity contribution >= 4 is 46.4 Å². The van der Waals surface area contributed by atoms with Gasteiger partial charge in [-0.15, -0.1) is 0 Å². The van der Waals surface area contributed by atoms with Crippen molar-refractivity contribution in [1.82, 2.24) is 4.98 Å². The maximum atomic E-state index is 12.3. The van der Waals surface area contributed by atoms with Crippen LogP contribution in [0.4, 0.5) is 11.4 Å². The number of carbonyl (C=O) groups excluding carboxylic acids is 2. The molecule has 3 aromatic rings. The van der Waals surface area contributed by atoms with Gasteiger partial charge in [0.1, 0.15) is 5.75 Å². The van der Waals surface area contributed by atoms with Gasteiger partial charge in [0.15, 0.2) is 0 Å². The zero-order valence-electron chi connectivity index (χ0n) is 15.4. The number of nitrogens with zero attached hydrogens (tertiary/aromatic N) is 1. The van der Waals surface area contributed by atoms with E-state index in [4.69, 9.17) is 27.9 Å². The highest BCUT2D eigenvalue weighted by Crippen LogP contribution is 2.29. The maximum absolute atomic E-state index is 12.3. The van der Waals surface area contributed by atoms with E-state index in [1.165, 1.54) is 13.3 Å². The van der Waals surface area contributed by atoms with E-state index < -0.39 is 0 Å². The summed E-state index contributed by atoms with van der Waals surface area (Å²) < 4.78 is 5.34. The molecular weight excluding hydrogens is 413 g/mol. The Hall–Kier alpha value is -3.09. The molecule has 0 radical (unpaired) electrons. The number of benzene rings is 2. The van der Waals surface area contributed by atoms with Crippen LogP contribution in [0, 0.1) is 0 Å². The van der Waals surface area contributed by atoms with Gasteiger partial charge in [-0.2, -0.15) is 0 Å². The van der Waals surface area contributed by atoms with Crippen molar-refractivity contribution in [3.63, 3.8) is 0 Å². The van der Waals surface area contributed by atoms with Gasteiger partial charge in [-0.1, -0.05) is 29.3 Å². The average molecular weight is 430 g/mol. The van der Waals surface area contributed by atoms with Crippen molar-refractivity contribution in [2.45, 2.75) is 6.42 Å². The SMILES string of the molecule is COc1cc(NC(=O)Cc2ccc(Cl)cc2Cl)ccc1NC(=O)c1cccnc1. The third kappa shape index (κ3) is 5.47. The van der Waals surface area contributed by atoms with Crippen LogP contribution in [0.5, 0.6) is 5.75 Å². The van der Waals surface area contributed by atoms with Crippen LogP contribution in [0.2, 0.25) is 10.0 Å². The second-order valence-corrected chi connectivity index (χ2v) is 6.92. The second-order valence-electron chi connectivity index (χ2n) is 6.07. The van der Waals surface area contributed by atoms with E-state index in [1.807, 2.05) is 0 Å². The number of nitrogens with one attached hydrogen (secondary N) is 2. The third-order valence-corrected chi connectivity index (χ3v) is 4.61. The lowest BCUT2D eigenvalue weighted by atomic mass is 10.1. The van der Waals surface area contributed by atoms with Gasteiger partial charge < -0.3 is 15.4 Å². The van der Waals surface area contributed by atoms with Crippen molar-refractivity contribution in [2.75, 3.05) is 17.7 Å². The topological polar surface area (TPSA) is 80.3 Å². The Bertz CT molecular complexity index is 1040. The number of hydrogen-bond donors (Lipinski definition) is 2. The van der Waals surface area contributed by atoms with Crippen molar-refractivity contribution < 1.29 is 14.3 Å². The van der Waals surface area contributed by atoms with E-state index in [2.05, 4.69) is 15.6 Å². The quantitative estimate of drug-likeness (QED) is 0.587. The summed E-state index contributed by atoms with van der Waals surface area (Å²) in [6.07, 6.45) is 3.15. The van der Waals surface area contributed by atoms with Crippen LogP contribution >= 0.6 is 23.2 Å². The van der Waals surface area contributed by atoms with Crippen molar-refractivity contribution in [1.29, 1.82) is 0 Å². The smallest absolute Gasteiger partial charge is 0.257 e. The van der Waals surface area contributed by atoms with Crippen LogP contribution in [0.25, 0.3) is 0 Å². The highest BCUT2D eigenvalue weighted by atomic mass is 35.5. The summed E-state index contributed by atoms with van der Waals surface area (Å²) in [5.74, 6) is -0.154. The standard InChI is InChI=1S/C21H17Cl2N3O3/c1-29-19-11-16(25-20(27)9-13-4-5-15(22)10-17(13)23)6-7-18(19)26-21(28)14-3-2-8-24-12-14/h2-8,10-12H,9H2,1H3,(H,25,27)(H,26,28). The van der Waals surface area contributed by atoms with Crippen LogP contribution in [-0.2, 0) is 11.2 Å². The summed E-state index contributed by atoms with van der Waals surface area (Å²) in [6.45, 7) is 0. The number of amides is 2. The van der Waals surface area contributed by atoms with E-state index in [-0.39, 0.29) is 18.2 Å². The lowest BCUT2D eigenvalue weighted by Gasteiger charge is -2.13. The summed E-state index contributed by atoms with van der Waals surface area (Å²) >= 11 is 12.0. The molecule has 2 aromatic carbocycles. The van der Waals surface area contributed by atoms with Crippen LogP contribution in [0.3, 0.4) is 0 Å². The number of pyridine rings is 1. The number of methoxy groups -OCH3 is 1. The normalized spacial score (nSPS) is 10.3. The second kappa shape index (κ2) is 9.41. The number of anilines is 2. The first-order chi connectivity index (χ1) is 14.0. The van der Waals surface area contributed by atoms with E-state index in [0.29, 0.717) is 38.3 Å². The number of carbonyl (C=O) groups is 2. The monoisotopic (exact) mass is 429 g/mol. The Morgan fingerprint density at radius 1 is 1.07 bits per heavy atom. The van der Waals surface area contributed by atoms with Gasteiger partial charge >= 0.3 is 0 Å². The average Bonchev–Trinajstić information content (AvgIpc) is 2.71. The predicted octanol–water partition coefficient (Wildman–Crippen LogP) is 4.83. The highest BCUT2D eigenvalue weighted by Gasteiger charge is 2.13. The van der Waals surface area contributed by atoms with Gasteiger partial charge in [0.2, 0.25) is 5.91 Å². The minimum atomic E-state index is -0.314.